The summed E-state index contributed by atoms with van der Waals surface area (Å²) in [5, 5.41) is 10.5. The largest absolute Gasteiger partial charge is 1.00 e. The molecule has 0 atom stereocenters. The molecular formula is C6H4Na2O4S. The third-order valence-electron chi connectivity index (χ3n) is 1.11. The van der Waals surface area contributed by atoms with Gasteiger partial charge in [-0.05, 0) is 12.1 Å². The van der Waals surface area contributed by atoms with E-state index in [0.717, 1.165) is 24.3 Å². The maximum Gasteiger partial charge on any atom is 1.00 e. The minimum Gasteiger partial charge on any atom is -0.872 e. The molecule has 0 N–H and O–H groups in total. The third-order valence-corrected chi connectivity index (χ3v) is 1.96. The van der Waals surface area contributed by atoms with E-state index in [4.69, 9.17) is 0 Å². The smallest absolute Gasteiger partial charge is 0.872 e. The van der Waals surface area contributed by atoms with Gasteiger partial charge < -0.3 is 9.66 Å². The molecule has 0 aromatic heterocycles. The van der Waals surface area contributed by atoms with E-state index < -0.39 is 10.1 Å². The Labute approximate surface area is 121 Å². The topological polar surface area (TPSA) is 80.3 Å². The summed E-state index contributed by atoms with van der Waals surface area (Å²) in [5.41, 5.74) is 0. The Balaban J connectivity index is 0. The zero-order valence-electron chi connectivity index (χ0n) is 7.35. The van der Waals surface area contributed by atoms with E-state index in [1.807, 2.05) is 0 Å². The van der Waals surface area contributed by atoms with Crippen LogP contribution in [0.3, 0.4) is 0 Å². The van der Waals surface area contributed by atoms with Crippen LogP contribution < -0.4 is 64.2 Å². The van der Waals surface area contributed by atoms with E-state index >= 15 is 0 Å². The number of hydrogen-bond acceptors (Lipinski definition) is 4. The van der Waals surface area contributed by atoms with E-state index in [1.165, 1.54) is 0 Å². The maximum absolute atomic E-state index is 10.5. The first kappa shape index (κ1) is 16.4. The summed E-state index contributed by atoms with van der Waals surface area (Å²) in [6, 6.07) is 4.05. The van der Waals surface area contributed by atoms with Gasteiger partial charge in [-0.15, -0.1) is 5.75 Å². The standard InChI is InChI=1S/C6H6O4S.2Na/c7-5-1-3-6(4-2-5)11(8,9)10;;/h1-4,7H,(H,8,9,10);;/q;2*+1/p-2. The van der Waals surface area contributed by atoms with Crippen LogP contribution in [0.15, 0.2) is 29.2 Å². The Morgan fingerprint density at radius 1 is 1.00 bits per heavy atom. The fourth-order valence-electron chi connectivity index (χ4n) is 0.606. The zero-order chi connectivity index (χ0) is 8.48. The quantitative estimate of drug-likeness (QED) is 0.347. The Hall–Kier alpha value is 0.930. The Morgan fingerprint density at radius 2 is 1.38 bits per heavy atom. The second-order valence-corrected chi connectivity index (χ2v) is 3.31. The fraction of sp³-hybridized carbons (Fsp3) is 0. The number of rotatable bonds is 1. The molecule has 0 aliphatic rings. The predicted molar refractivity (Wildman–Crippen MR) is 33.9 cm³/mol. The molecule has 1 rings (SSSR count). The zero-order valence-corrected chi connectivity index (χ0v) is 12.2. The molecular weight excluding hydrogens is 214 g/mol. The molecule has 0 fully saturated rings. The molecule has 0 amide bonds. The summed E-state index contributed by atoms with van der Waals surface area (Å²) in [7, 11) is -4.41. The van der Waals surface area contributed by atoms with Crippen molar-refractivity contribution in [1.29, 1.82) is 0 Å². The van der Waals surface area contributed by atoms with Crippen molar-refractivity contribution in [1.82, 2.24) is 0 Å². The van der Waals surface area contributed by atoms with Crippen LogP contribution in [0.4, 0.5) is 0 Å². The minimum absolute atomic E-state index is 0. The maximum atomic E-state index is 10.5. The van der Waals surface area contributed by atoms with E-state index in [-0.39, 0.29) is 69.8 Å². The molecule has 0 aliphatic heterocycles. The SMILES string of the molecule is O=S(=O)([O-])c1ccc([O-])cc1.[Na+].[Na+]. The Morgan fingerprint density at radius 3 is 1.69 bits per heavy atom. The van der Waals surface area contributed by atoms with Crippen LogP contribution in [0.1, 0.15) is 0 Å². The van der Waals surface area contributed by atoms with Gasteiger partial charge in [0.15, 0.2) is 0 Å². The van der Waals surface area contributed by atoms with Crippen LogP contribution in [-0.2, 0) is 10.1 Å². The monoisotopic (exact) mass is 218 g/mol. The van der Waals surface area contributed by atoms with Crippen molar-refractivity contribution >= 4 is 10.1 Å². The van der Waals surface area contributed by atoms with Crippen molar-refractivity contribution < 1.29 is 77.2 Å². The van der Waals surface area contributed by atoms with Crippen LogP contribution in [0, 0.1) is 0 Å². The van der Waals surface area contributed by atoms with Crippen LogP contribution in [0.2, 0.25) is 0 Å². The van der Waals surface area contributed by atoms with Gasteiger partial charge in [0.1, 0.15) is 10.1 Å². The minimum atomic E-state index is -4.41. The van der Waals surface area contributed by atoms with Crippen molar-refractivity contribution in [3.63, 3.8) is 0 Å². The van der Waals surface area contributed by atoms with Gasteiger partial charge in [0.2, 0.25) is 0 Å². The first-order valence-corrected chi connectivity index (χ1v) is 4.14. The van der Waals surface area contributed by atoms with Gasteiger partial charge in [-0.2, -0.15) is 0 Å². The number of hydrogen-bond donors (Lipinski definition) is 0. The summed E-state index contributed by atoms with van der Waals surface area (Å²) in [6.45, 7) is 0. The molecule has 0 aliphatic carbocycles. The van der Waals surface area contributed by atoms with Crippen molar-refractivity contribution in [3.05, 3.63) is 24.3 Å². The third kappa shape index (κ3) is 5.39. The van der Waals surface area contributed by atoms with Crippen LogP contribution in [0.5, 0.6) is 5.75 Å². The molecule has 0 heterocycles. The average molecular weight is 218 g/mol. The average Bonchev–Trinajstić information content (AvgIpc) is 1.86. The number of benzene rings is 1. The first-order chi connectivity index (χ1) is 5.00. The molecule has 7 heteroatoms. The van der Waals surface area contributed by atoms with E-state index in [9.17, 15) is 18.1 Å². The van der Waals surface area contributed by atoms with Gasteiger partial charge >= 0.3 is 59.1 Å². The molecule has 0 bridgehead atoms. The van der Waals surface area contributed by atoms with Crippen LogP contribution in [0.25, 0.3) is 0 Å². The van der Waals surface area contributed by atoms with Crippen molar-refractivity contribution in [2.75, 3.05) is 0 Å². The first-order valence-electron chi connectivity index (χ1n) is 2.73. The second-order valence-electron chi connectivity index (χ2n) is 1.93. The molecule has 0 radical (unpaired) electrons. The molecule has 0 spiro atoms. The van der Waals surface area contributed by atoms with E-state index in [0.29, 0.717) is 0 Å². The van der Waals surface area contributed by atoms with E-state index in [2.05, 4.69) is 0 Å². The second kappa shape index (κ2) is 6.42. The van der Waals surface area contributed by atoms with Gasteiger partial charge in [-0.25, -0.2) is 8.42 Å². The molecule has 13 heavy (non-hydrogen) atoms. The predicted octanol–water partition coefficient (Wildman–Crippen LogP) is -6.33. The van der Waals surface area contributed by atoms with Crippen molar-refractivity contribution in [3.8, 4) is 5.75 Å². The van der Waals surface area contributed by atoms with Crippen molar-refractivity contribution in [2.24, 2.45) is 0 Å². The molecule has 4 nitrogen and oxygen atoms in total. The molecule has 1 aromatic carbocycles. The molecule has 0 saturated heterocycles. The summed E-state index contributed by atoms with van der Waals surface area (Å²) < 4.78 is 30.9. The normalized spacial score (nSPS) is 9.62. The van der Waals surface area contributed by atoms with Gasteiger partial charge in [-0.3, -0.25) is 0 Å². The fourth-order valence-corrected chi connectivity index (χ4v) is 1.08. The van der Waals surface area contributed by atoms with Gasteiger partial charge in [-0.1, -0.05) is 12.1 Å². The Bertz CT molecular complexity index is 345. The Kier molecular flexibility index (Phi) is 8.08. The summed E-state index contributed by atoms with van der Waals surface area (Å²) in [5.74, 6) is -0.322. The van der Waals surface area contributed by atoms with E-state index in [1.54, 1.807) is 0 Å². The molecule has 0 unspecified atom stereocenters. The molecule has 60 valence electrons. The van der Waals surface area contributed by atoms with Crippen LogP contribution in [-0.4, -0.2) is 13.0 Å². The molecule has 1 aromatic rings. The van der Waals surface area contributed by atoms with Gasteiger partial charge in [0, 0.05) is 0 Å². The van der Waals surface area contributed by atoms with Crippen molar-refractivity contribution in [2.45, 2.75) is 4.90 Å². The molecule has 0 saturated carbocycles. The van der Waals surface area contributed by atoms with Gasteiger partial charge in [0.25, 0.3) is 0 Å². The summed E-state index contributed by atoms with van der Waals surface area (Å²) >= 11 is 0. The summed E-state index contributed by atoms with van der Waals surface area (Å²) in [4.78, 5) is -0.378. The van der Waals surface area contributed by atoms with Crippen LogP contribution >= 0.6 is 0 Å². The van der Waals surface area contributed by atoms with Gasteiger partial charge in [0.05, 0.1) is 4.90 Å². The summed E-state index contributed by atoms with van der Waals surface area (Å²) in [6.07, 6.45) is 0.